The third-order valence-electron chi connectivity index (χ3n) is 1.27. The Balaban J connectivity index is 3.11. The number of rotatable bonds is 1. The largest absolute Gasteiger partial charge is 0.276 e. The van der Waals surface area contributed by atoms with E-state index in [0.29, 0.717) is 6.41 Å². The van der Waals surface area contributed by atoms with Crippen LogP contribution < -0.4 is 0 Å². The van der Waals surface area contributed by atoms with Crippen molar-refractivity contribution < 1.29 is 4.79 Å². The first kappa shape index (κ1) is 6.01. The van der Waals surface area contributed by atoms with Gasteiger partial charge in [-0.3, -0.25) is 4.79 Å². The van der Waals surface area contributed by atoms with Crippen LogP contribution in [-0.4, -0.2) is 16.2 Å². The lowest BCUT2D eigenvalue weighted by molar-refractivity contribution is 0.540. The minimum absolute atomic E-state index is 0.681. The molecule has 1 aromatic heterocycles. The third-order valence-corrected chi connectivity index (χ3v) is 1.27. The summed E-state index contributed by atoms with van der Waals surface area (Å²) in [6.45, 7) is 3.79. The summed E-state index contributed by atoms with van der Waals surface area (Å²) < 4.78 is 1.27. The number of carbonyl (C=O) groups is 1. The van der Waals surface area contributed by atoms with E-state index in [1.165, 1.54) is 4.68 Å². The van der Waals surface area contributed by atoms with E-state index in [-0.39, 0.29) is 0 Å². The van der Waals surface area contributed by atoms with Crippen molar-refractivity contribution in [3.05, 3.63) is 17.5 Å². The topological polar surface area (TPSA) is 34.9 Å². The first-order chi connectivity index (χ1) is 4.24. The van der Waals surface area contributed by atoms with Gasteiger partial charge in [-0.1, -0.05) is 0 Å². The minimum Gasteiger partial charge on any atom is -0.276 e. The first-order valence-corrected chi connectivity index (χ1v) is 2.71. The fraction of sp³-hybridized carbons (Fsp3) is 0.333. The monoisotopic (exact) mass is 124 g/mol. The number of aryl methyl sites for hydroxylation is 2. The van der Waals surface area contributed by atoms with Gasteiger partial charge in [-0.05, 0) is 19.4 Å². The van der Waals surface area contributed by atoms with Crippen LogP contribution in [0.2, 0.25) is 0 Å². The molecule has 0 bridgehead atoms. The molecule has 0 N–H and O–H groups in total. The average Bonchev–Trinajstić information content (AvgIpc) is 2.13. The van der Waals surface area contributed by atoms with Gasteiger partial charge in [0.25, 0.3) is 0 Å². The predicted octanol–water partition coefficient (Wildman–Crippen LogP) is 0.538. The van der Waals surface area contributed by atoms with Gasteiger partial charge in [-0.25, -0.2) is 4.68 Å². The molecule has 0 saturated heterocycles. The Labute approximate surface area is 53.3 Å². The average molecular weight is 124 g/mol. The molecule has 1 aromatic rings. The second kappa shape index (κ2) is 2.01. The molecule has 48 valence electrons. The summed E-state index contributed by atoms with van der Waals surface area (Å²) in [5.41, 5.74) is 1.95. The standard InChI is InChI=1S/C6H8N2O/c1-5-3-8(4-9)7-6(5)2/h3-4H,1-2H3. The maximum Gasteiger partial charge on any atom is 0.234 e. The molecule has 0 spiro atoms. The fourth-order valence-electron chi connectivity index (χ4n) is 0.627. The van der Waals surface area contributed by atoms with E-state index in [2.05, 4.69) is 5.10 Å². The summed E-state index contributed by atoms with van der Waals surface area (Å²) in [6.07, 6.45) is 2.38. The van der Waals surface area contributed by atoms with Crippen LogP contribution in [0.3, 0.4) is 0 Å². The van der Waals surface area contributed by atoms with Gasteiger partial charge in [-0.15, -0.1) is 0 Å². The highest BCUT2D eigenvalue weighted by Crippen LogP contribution is 1.99. The Morgan fingerprint density at radius 1 is 1.67 bits per heavy atom. The minimum atomic E-state index is 0.681. The molecular formula is C6H8N2O. The van der Waals surface area contributed by atoms with Crippen molar-refractivity contribution in [3.8, 4) is 0 Å². The van der Waals surface area contributed by atoms with Crippen molar-refractivity contribution >= 4 is 6.41 Å². The Kier molecular flexibility index (Phi) is 1.34. The molecule has 0 saturated carbocycles. The lowest BCUT2D eigenvalue weighted by Gasteiger charge is -1.78. The first-order valence-electron chi connectivity index (χ1n) is 2.71. The van der Waals surface area contributed by atoms with Crippen LogP contribution >= 0.6 is 0 Å². The van der Waals surface area contributed by atoms with E-state index in [0.717, 1.165) is 11.3 Å². The molecule has 0 aliphatic heterocycles. The molecule has 0 fully saturated rings. The van der Waals surface area contributed by atoms with E-state index in [4.69, 9.17) is 0 Å². The molecule has 0 atom stereocenters. The molecule has 0 aliphatic carbocycles. The quantitative estimate of drug-likeness (QED) is 0.512. The molecule has 3 nitrogen and oxygen atoms in total. The molecule has 9 heavy (non-hydrogen) atoms. The fourth-order valence-corrected chi connectivity index (χ4v) is 0.627. The Morgan fingerprint density at radius 2 is 2.33 bits per heavy atom. The van der Waals surface area contributed by atoms with Gasteiger partial charge in [0, 0.05) is 6.20 Å². The van der Waals surface area contributed by atoms with Crippen LogP contribution in [0.4, 0.5) is 0 Å². The molecule has 0 radical (unpaired) electrons. The second-order valence-electron chi connectivity index (χ2n) is 1.98. The number of carbonyl (C=O) groups excluding carboxylic acids is 1. The zero-order valence-corrected chi connectivity index (χ0v) is 5.46. The van der Waals surface area contributed by atoms with Crippen LogP contribution in [0.15, 0.2) is 6.20 Å². The molecular weight excluding hydrogens is 116 g/mol. The van der Waals surface area contributed by atoms with Crippen LogP contribution in [0.5, 0.6) is 0 Å². The maximum absolute atomic E-state index is 10.1. The number of hydrogen-bond acceptors (Lipinski definition) is 2. The normalized spacial score (nSPS) is 9.56. The van der Waals surface area contributed by atoms with Crippen LogP contribution in [0, 0.1) is 13.8 Å². The smallest absolute Gasteiger partial charge is 0.234 e. The summed E-state index contributed by atoms with van der Waals surface area (Å²) in [6, 6.07) is 0. The highest BCUT2D eigenvalue weighted by atomic mass is 16.1. The van der Waals surface area contributed by atoms with E-state index < -0.39 is 0 Å². The van der Waals surface area contributed by atoms with Gasteiger partial charge in [-0.2, -0.15) is 5.10 Å². The van der Waals surface area contributed by atoms with Gasteiger partial charge in [0.15, 0.2) is 0 Å². The molecule has 0 aromatic carbocycles. The Morgan fingerprint density at radius 3 is 2.56 bits per heavy atom. The molecule has 1 heterocycles. The van der Waals surface area contributed by atoms with E-state index in [9.17, 15) is 4.79 Å². The third kappa shape index (κ3) is 0.988. The SMILES string of the molecule is Cc1cn(C=O)nc1C. The van der Waals surface area contributed by atoms with Gasteiger partial charge in [0.05, 0.1) is 5.69 Å². The van der Waals surface area contributed by atoms with Crippen molar-refractivity contribution in [3.63, 3.8) is 0 Å². The van der Waals surface area contributed by atoms with Crippen LogP contribution in [-0.2, 0) is 4.79 Å². The summed E-state index contributed by atoms with van der Waals surface area (Å²) in [7, 11) is 0. The van der Waals surface area contributed by atoms with E-state index >= 15 is 0 Å². The highest BCUT2D eigenvalue weighted by Gasteiger charge is 1.95. The molecule has 0 unspecified atom stereocenters. The van der Waals surface area contributed by atoms with Crippen molar-refractivity contribution in [2.45, 2.75) is 13.8 Å². The van der Waals surface area contributed by atoms with Crippen molar-refractivity contribution in [2.75, 3.05) is 0 Å². The zero-order valence-electron chi connectivity index (χ0n) is 5.46. The number of aromatic nitrogens is 2. The van der Waals surface area contributed by atoms with Gasteiger partial charge in [0.2, 0.25) is 6.41 Å². The molecule has 0 amide bonds. The van der Waals surface area contributed by atoms with Crippen molar-refractivity contribution in [1.82, 2.24) is 9.78 Å². The summed E-state index contributed by atoms with van der Waals surface area (Å²) in [5.74, 6) is 0. The Bertz CT molecular complexity index is 207. The highest BCUT2D eigenvalue weighted by molar-refractivity contribution is 5.50. The van der Waals surface area contributed by atoms with Gasteiger partial charge in [0.1, 0.15) is 0 Å². The van der Waals surface area contributed by atoms with Gasteiger partial charge < -0.3 is 0 Å². The van der Waals surface area contributed by atoms with Crippen LogP contribution in [0.25, 0.3) is 0 Å². The van der Waals surface area contributed by atoms with E-state index in [1.54, 1.807) is 6.20 Å². The lowest BCUT2D eigenvalue weighted by Crippen LogP contribution is -1.93. The summed E-state index contributed by atoms with van der Waals surface area (Å²) in [5, 5.41) is 3.88. The predicted molar refractivity (Wildman–Crippen MR) is 33.8 cm³/mol. The zero-order chi connectivity index (χ0) is 6.85. The van der Waals surface area contributed by atoms with Crippen LogP contribution in [0.1, 0.15) is 11.3 Å². The summed E-state index contributed by atoms with van der Waals surface area (Å²) in [4.78, 5) is 10.1. The summed E-state index contributed by atoms with van der Waals surface area (Å²) >= 11 is 0. The van der Waals surface area contributed by atoms with E-state index in [1.807, 2.05) is 13.8 Å². The number of nitrogens with zero attached hydrogens (tertiary/aromatic N) is 2. The molecule has 0 aliphatic rings. The molecule has 3 heteroatoms. The van der Waals surface area contributed by atoms with Crippen molar-refractivity contribution in [1.29, 1.82) is 0 Å². The molecule has 1 rings (SSSR count). The van der Waals surface area contributed by atoms with Crippen molar-refractivity contribution in [2.24, 2.45) is 0 Å². The lowest BCUT2D eigenvalue weighted by atomic mass is 10.3. The van der Waals surface area contributed by atoms with Gasteiger partial charge >= 0.3 is 0 Å². The Hall–Kier alpha value is -1.12. The number of hydrogen-bond donors (Lipinski definition) is 0. The second-order valence-corrected chi connectivity index (χ2v) is 1.98. The maximum atomic E-state index is 10.1.